The summed E-state index contributed by atoms with van der Waals surface area (Å²) in [4.78, 5) is 19.3. The highest BCUT2D eigenvalue weighted by molar-refractivity contribution is 7.98. The van der Waals surface area contributed by atoms with Gasteiger partial charge in [-0.3, -0.25) is 4.79 Å². The minimum absolute atomic E-state index is 0.0631. The number of nitrogens with one attached hydrogen (secondary N) is 1. The lowest BCUT2D eigenvalue weighted by molar-refractivity contribution is 0.131. The average molecular weight is 318 g/mol. The van der Waals surface area contributed by atoms with Gasteiger partial charge in [0, 0.05) is 17.7 Å². The molecule has 0 aliphatic rings. The summed E-state index contributed by atoms with van der Waals surface area (Å²) in [6.45, 7) is 7.93. The molecule has 0 bridgehead atoms. The molecule has 2 aromatic rings. The van der Waals surface area contributed by atoms with Crippen LogP contribution >= 0.6 is 11.8 Å². The second-order valence-corrected chi connectivity index (χ2v) is 6.97. The van der Waals surface area contributed by atoms with Gasteiger partial charge in [-0.05, 0) is 51.6 Å². The maximum Gasteiger partial charge on any atom is 0.255 e. The number of benzene rings is 1. The van der Waals surface area contributed by atoms with Crippen molar-refractivity contribution in [3.8, 4) is 5.75 Å². The van der Waals surface area contributed by atoms with Crippen LogP contribution in [0.2, 0.25) is 0 Å². The van der Waals surface area contributed by atoms with E-state index in [0.717, 1.165) is 17.0 Å². The third-order valence-corrected chi connectivity index (χ3v) is 3.70. The number of aromatic nitrogens is 2. The largest absolute Gasteiger partial charge is 0.488 e. The predicted molar refractivity (Wildman–Crippen MR) is 91.0 cm³/mol. The van der Waals surface area contributed by atoms with Crippen LogP contribution < -0.4 is 10.3 Å². The van der Waals surface area contributed by atoms with E-state index in [9.17, 15) is 4.79 Å². The second-order valence-electron chi connectivity index (χ2n) is 6.17. The molecule has 0 aliphatic heterocycles. The van der Waals surface area contributed by atoms with Gasteiger partial charge >= 0.3 is 0 Å². The number of thioether (sulfide) groups is 1. The zero-order chi connectivity index (χ0) is 16.3. The third kappa shape index (κ3) is 4.37. The standard InChI is InChI=1S/C17H22N2O2S/c1-11-14(15(20)19-16(18-11)22-5)10-12-6-8-13(9-7-12)21-17(2,3)4/h6-9H,10H2,1-5H3,(H,18,19,20). The zero-order valence-electron chi connectivity index (χ0n) is 13.7. The Morgan fingerprint density at radius 3 is 2.36 bits per heavy atom. The van der Waals surface area contributed by atoms with Crippen molar-refractivity contribution in [1.82, 2.24) is 9.97 Å². The number of ether oxygens (including phenoxy) is 1. The molecule has 0 spiro atoms. The van der Waals surface area contributed by atoms with E-state index in [-0.39, 0.29) is 11.2 Å². The molecule has 0 atom stereocenters. The number of aryl methyl sites for hydroxylation is 1. The quantitative estimate of drug-likeness (QED) is 0.691. The summed E-state index contributed by atoms with van der Waals surface area (Å²) in [5.41, 5.74) is 2.28. The molecular formula is C17H22N2O2S. The Kier molecular flexibility index (Phi) is 4.96. The van der Waals surface area contributed by atoms with Crippen LogP contribution in [0.1, 0.15) is 37.6 Å². The fourth-order valence-corrected chi connectivity index (χ4v) is 2.55. The van der Waals surface area contributed by atoms with Gasteiger partial charge < -0.3 is 9.72 Å². The minimum Gasteiger partial charge on any atom is -0.488 e. The van der Waals surface area contributed by atoms with Gasteiger partial charge in [0.15, 0.2) is 5.16 Å². The van der Waals surface area contributed by atoms with Crippen molar-refractivity contribution >= 4 is 11.8 Å². The molecule has 0 amide bonds. The first-order chi connectivity index (χ1) is 10.3. The Bertz CT molecular complexity index is 700. The zero-order valence-corrected chi connectivity index (χ0v) is 14.5. The Labute approximate surface area is 135 Å². The van der Waals surface area contributed by atoms with Gasteiger partial charge in [0.2, 0.25) is 0 Å². The molecule has 0 aliphatic carbocycles. The van der Waals surface area contributed by atoms with Crippen molar-refractivity contribution in [2.75, 3.05) is 6.26 Å². The second kappa shape index (κ2) is 6.57. The van der Waals surface area contributed by atoms with Crippen LogP contribution in [-0.4, -0.2) is 21.8 Å². The van der Waals surface area contributed by atoms with Crippen LogP contribution in [0.15, 0.2) is 34.2 Å². The van der Waals surface area contributed by atoms with E-state index in [1.54, 1.807) is 0 Å². The molecule has 0 radical (unpaired) electrons. The number of hydrogen-bond acceptors (Lipinski definition) is 4. The number of rotatable bonds is 4. The molecule has 22 heavy (non-hydrogen) atoms. The summed E-state index contributed by atoms with van der Waals surface area (Å²) in [6.07, 6.45) is 2.46. The van der Waals surface area contributed by atoms with Gasteiger partial charge in [0.25, 0.3) is 5.56 Å². The first-order valence-corrected chi connectivity index (χ1v) is 8.43. The average Bonchev–Trinajstić information content (AvgIpc) is 2.42. The molecule has 1 heterocycles. The Balaban J connectivity index is 2.20. The maximum absolute atomic E-state index is 12.1. The fraction of sp³-hybridized carbons (Fsp3) is 0.412. The van der Waals surface area contributed by atoms with Crippen LogP contribution in [0.3, 0.4) is 0 Å². The van der Waals surface area contributed by atoms with Crippen molar-refractivity contribution in [2.45, 2.75) is 44.9 Å². The van der Waals surface area contributed by atoms with Gasteiger partial charge in [-0.15, -0.1) is 0 Å². The monoisotopic (exact) mass is 318 g/mol. The predicted octanol–water partition coefficient (Wildman–Crippen LogP) is 3.57. The smallest absolute Gasteiger partial charge is 0.255 e. The van der Waals surface area contributed by atoms with E-state index < -0.39 is 0 Å². The van der Waals surface area contributed by atoms with Crippen LogP contribution in [0, 0.1) is 6.92 Å². The summed E-state index contributed by atoms with van der Waals surface area (Å²) in [7, 11) is 0. The molecule has 0 fully saturated rings. The molecule has 2 rings (SSSR count). The van der Waals surface area contributed by atoms with Gasteiger partial charge in [-0.2, -0.15) is 0 Å². The summed E-state index contributed by atoms with van der Waals surface area (Å²) >= 11 is 1.44. The number of hydrogen-bond donors (Lipinski definition) is 1. The number of nitrogens with zero attached hydrogens (tertiary/aromatic N) is 1. The van der Waals surface area contributed by atoms with Crippen LogP contribution in [0.4, 0.5) is 0 Å². The molecule has 118 valence electrons. The Morgan fingerprint density at radius 1 is 1.23 bits per heavy atom. The molecule has 4 nitrogen and oxygen atoms in total. The SMILES string of the molecule is CSc1nc(C)c(Cc2ccc(OC(C)(C)C)cc2)c(=O)[nH]1. The highest BCUT2D eigenvalue weighted by atomic mass is 32.2. The normalized spacial score (nSPS) is 11.5. The van der Waals surface area contributed by atoms with Crippen LogP contribution in [0.25, 0.3) is 0 Å². The Morgan fingerprint density at radius 2 is 1.86 bits per heavy atom. The van der Waals surface area contributed by atoms with E-state index in [4.69, 9.17) is 4.74 Å². The van der Waals surface area contributed by atoms with E-state index >= 15 is 0 Å². The van der Waals surface area contributed by atoms with Crippen molar-refractivity contribution in [3.63, 3.8) is 0 Å². The summed E-state index contributed by atoms with van der Waals surface area (Å²) in [6, 6.07) is 7.85. The molecule has 0 saturated heterocycles. The lowest BCUT2D eigenvalue weighted by Gasteiger charge is -2.21. The minimum atomic E-state index is -0.215. The highest BCUT2D eigenvalue weighted by Gasteiger charge is 2.12. The summed E-state index contributed by atoms with van der Waals surface area (Å²) in [5.74, 6) is 0.831. The van der Waals surface area contributed by atoms with Gasteiger partial charge in [0.05, 0.1) is 0 Å². The number of aromatic amines is 1. The highest BCUT2D eigenvalue weighted by Crippen LogP contribution is 2.20. The molecule has 1 aromatic heterocycles. The van der Waals surface area contributed by atoms with E-state index in [1.165, 1.54) is 11.8 Å². The van der Waals surface area contributed by atoms with Crippen LogP contribution in [0.5, 0.6) is 5.75 Å². The van der Waals surface area contributed by atoms with E-state index in [0.29, 0.717) is 17.1 Å². The maximum atomic E-state index is 12.1. The first-order valence-electron chi connectivity index (χ1n) is 7.20. The molecular weight excluding hydrogens is 296 g/mol. The van der Waals surface area contributed by atoms with Crippen molar-refractivity contribution in [2.24, 2.45) is 0 Å². The molecule has 0 saturated carbocycles. The topological polar surface area (TPSA) is 55.0 Å². The van der Waals surface area contributed by atoms with E-state index in [2.05, 4.69) is 9.97 Å². The summed E-state index contributed by atoms with van der Waals surface area (Å²) in [5, 5.41) is 0.653. The van der Waals surface area contributed by atoms with E-state index in [1.807, 2.05) is 58.2 Å². The van der Waals surface area contributed by atoms with Crippen molar-refractivity contribution < 1.29 is 4.74 Å². The van der Waals surface area contributed by atoms with Gasteiger partial charge in [-0.25, -0.2) is 4.98 Å². The van der Waals surface area contributed by atoms with Gasteiger partial charge in [-0.1, -0.05) is 23.9 Å². The third-order valence-electron chi connectivity index (χ3n) is 3.12. The lowest BCUT2D eigenvalue weighted by atomic mass is 10.0. The number of H-pyrrole nitrogens is 1. The molecule has 5 heteroatoms. The molecule has 0 unspecified atom stereocenters. The van der Waals surface area contributed by atoms with Gasteiger partial charge in [0.1, 0.15) is 11.4 Å². The van der Waals surface area contributed by atoms with Crippen molar-refractivity contribution in [3.05, 3.63) is 51.4 Å². The Hall–Kier alpha value is -1.75. The molecule has 1 aromatic carbocycles. The van der Waals surface area contributed by atoms with Crippen LogP contribution in [-0.2, 0) is 6.42 Å². The molecule has 1 N–H and O–H groups in total. The summed E-state index contributed by atoms with van der Waals surface area (Å²) < 4.78 is 5.80. The lowest BCUT2D eigenvalue weighted by Crippen LogP contribution is -2.22. The fourth-order valence-electron chi connectivity index (χ4n) is 2.12. The van der Waals surface area contributed by atoms with Crippen molar-refractivity contribution in [1.29, 1.82) is 0 Å². The first kappa shape index (κ1) is 16.6.